The third kappa shape index (κ3) is 9.23. The van der Waals surface area contributed by atoms with Gasteiger partial charge in [-0.1, -0.05) is 0 Å². The molecule has 1 atom stereocenters. The van der Waals surface area contributed by atoms with Gasteiger partial charge < -0.3 is 9.47 Å². The van der Waals surface area contributed by atoms with Crippen molar-refractivity contribution in [2.45, 2.75) is 70.3 Å². The maximum atomic E-state index is 11.8. The van der Waals surface area contributed by atoms with Gasteiger partial charge in [0.2, 0.25) is 0 Å². The van der Waals surface area contributed by atoms with Gasteiger partial charge in [-0.15, -0.1) is 0 Å². The number of Topliss-reactive ketones (excluding diaryl/α,β-unsaturated/α-hetero) is 3. The zero-order valence-electron chi connectivity index (χ0n) is 13.8. The van der Waals surface area contributed by atoms with E-state index in [9.17, 15) is 19.2 Å². The van der Waals surface area contributed by atoms with Crippen LogP contribution in [0.4, 0.5) is 0 Å². The van der Waals surface area contributed by atoms with Gasteiger partial charge in [-0.05, 0) is 25.7 Å². The van der Waals surface area contributed by atoms with Crippen molar-refractivity contribution in [3.8, 4) is 0 Å². The number of carbonyl (C=O) groups is 4. The molecule has 1 fully saturated rings. The summed E-state index contributed by atoms with van der Waals surface area (Å²) in [6, 6.07) is 0. The molecule has 0 saturated carbocycles. The summed E-state index contributed by atoms with van der Waals surface area (Å²) in [6.07, 6.45) is 3.73. The van der Waals surface area contributed by atoms with Crippen LogP contribution in [0.25, 0.3) is 0 Å². The van der Waals surface area contributed by atoms with Gasteiger partial charge >= 0.3 is 5.97 Å². The zero-order valence-corrected chi connectivity index (χ0v) is 13.8. The second kappa shape index (κ2) is 11.0. The van der Waals surface area contributed by atoms with Gasteiger partial charge in [0.05, 0.1) is 0 Å². The molecule has 1 rings (SSSR count). The first-order valence-corrected chi connectivity index (χ1v) is 8.24. The van der Waals surface area contributed by atoms with E-state index in [-0.39, 0.29) is 55.3 Å². The van der Waals surface area contributed by atoms with Crippen molar-refractivity contribution in [3.63, 3.8) is 0 Å². The minimum atomic E-state index is -0.386. The van der Waals surface area contributed by atoms with Crippen LogP contribution in [-0.2, 0) is 28.7 Å². The number of carbonyl (C=O) groups excluding carboxylic acids is 4. The monoisotopic (exact) mass is 326 g/mol. The van der Waals surface area contributed by atoms with Crippen LogP contribution in [0.15, 0.2) is 0 Å². The van der Waals surface area contributed by atoms with Crippen molar-refractivity contribution in [2.75, 3.05) is 13.7 Å². The lowest BCUT2D eigenvalue weighted by Gasteiger charge is -2.18. The fraction of sp³-hybridized carbons (Fsp3) is 0.765. The lowest BCUT2D eigenvalue weighted by atomic mass is 10.00. The molecule has 23 heavy (non-hydrogen) atoms. The van der Waals surface area contributed by atoms with Crippen LogP contribution in [0, 0.1) is 0 Å². The van der Waals surface area contributed by atoms with E-state index in [1.54, 1.807) is 0 Å². The van der Waals surface area contributed by atoms with Crippen LogP contribution in [0.3, 0.4) is 0 Å². The number of rotatable bonds is 8. The zero-order chi connectivity index (χ0) is 17.1. The highest BCUT2D eigenvalue weighted by atomic mass is 16.5. The smallest absolute Gasteiger partial charge is 0.306 e. The Kier molecular flexibility index (Phi) is 9.36. The molecule has 1 aliphatic heterocycles. The molecule has 0 aromatic carbocycles. The number of ether oxygens (including phenoxy) is 2. The Bertz CT molecular complexity index is 429. The molecule has 130 valence electrons. The van der Waals surface area contributed by atoms with Crippen LogP contribution < -0.4 is 0 Å². The summed E-state index contributed by atoms with van der Waals surface area (Å²) in [4.78, 5) is 46.4. The van der Waals surface area contributed by atoms with Crippen molar-refractivity contribution in [3.05, 3.63) is 0 Å². The predicted octanol–water partition coefficient (Wildman–Crippen LogP) is 2.17. The Morgan fingerprint density at radius 1 is 1.04 bits per heavy atom. The molecule has 0 N–H and O–H groups in total. The SMILES string of the molecule is COCC(=O)CCC(=O)CCC1CCC(=O)CCCCC(=O)O1. The molecule has 1 heterocycles. The van der Waals surface area contributed by atoms with E-state index < -0.39 is 0 Å². The topological polar surface area (TPSA) is 86.7 Å². The van der Waals surface area contributed by atoms with Crippen LogP contribution in [0.2, 0.25) is 0 Å². The molecule has 6 heteroatoms. The van der Waals surface area contributed by atoms with Gasteiger partial charge in [0.1, 0.15) is 24.3 Å². The highest BCUT2D eigenvalue weighted by molar-refractivity contribution is 5.86. The molecule has 0 amide bonds. The molecule has 0 radical (unpaired) electrons. The lowest BCUT2D eigenvalue weighted by molar-refractivity contribution is -0.151. The van der Waals surface area contributed by atoms with Gasteiger partial charge in [-0.2, -0.15) is 0 Å². The van der Waals surface area contributed by atoms with E-state index >= 15 is 0 Å². The van der Waals surface area contributed by atoms with Crippen molar-refractivity contribution >= 4 is 23.3 Å². The van der Waals surface area contributed by atoms with Crippen molar-refractivity contribution in [1.82, 2.24) is 0 Å². The summed E-state index contributed by atoms with van der Waals surface area (Å²) < 4.78 is 10.1. The summed E-state index contributed by atoms with van der Waals surface area (Å²) in [5.41, 5.74) is 0. The maximum Gasteiger partial charge on any atom is 0.306 e. The number of hydrogen-bond donors (Lipinski definition) is 0. The predicted molar refractivity (Wildman–Crippen MR) is 82.9 cm³/mol. The van der Waals surface area contributed by atoms with Crippen LogP contribution in [0.5, 0.6) is 0 Å². The van der Waals surface area contributed by atoms with Crippen molar-refractivity contribution in [2.24, 2.45) is 0 Å². The van der Waals surface area contributed by atoms with Gasteiger partial charge in [0.15, 0.2) is 5.78 Å². The summed E-state index contributed by atoms with van der Waals surface area (Å²) in [6.45, 7) is 0.0234. The Morgan fingerprint density at radius 3 is 2.48 bits per heavy atom. The first-order chi connectivity index (χ1) is 11.0. The Morgan fingerprint density at radius 2 is 1.74 bits per heavy atom. The molecule has 0 aromatic heterocycles. The van der Waals surface area contributed by atoms with E-state index in [4.69, 9.17) is 9.47 Å². The second-order valence-electron chi connectivity index (χ2n) is 5.95. The minimum absolute atomic E-state index is 0.0234. The second-order valence-corrected chi connectivity index (χ2v) is 5.95. The molecular formula is C17H26O6. The van der Waals surface area contributed by atoms with Gasteiger partial charge in [0, 0.05) is 45.6 Å². The summed E-state index contributed by atoms with van der Waals surface area (Å²) in [5.74, 6) is -0.206. The minimum Gasteiger partial charge on any atom is -0.462 e. The Balaban J connectivity index is 2.36. The van der Waals surface area contributed by atoms with E-state index in [1.807, 2.05) is 0 Å². The fourth-order valence-electron chi connectivity index (χ4n) is 2.50. The van der Waals surface area contributed by atoms with Gasteiger partial charge in [0.25, 0.3) is 0 Å². The molecule has 1 saturated heterocycles. The molecule has 1 aliphatic rings. The molecular weight excluding hydrogens is 300 g/mol. The standard InChI is InChI=1S/C17H26O6/c1-22-12-15(20)7-6-14(19)9-11-16-10-8-13(18)4-2-3-5-17(21)23-16/h16H,2-12H2,1H3. The van der Waals surface area contributed by atoms with Crippen molar-refractivity contribution < 1.29 is 28.7 Å². The average molecular weight is 326 g/mol. The fourth-order valence-corrected chi connectivity index (χ4v) is 2.50. The highest BCUT2D eigenvalue weighted by Gasteiger charge is 2.19. The van der Waals surface area contributed by atoms with E-state index in [1.165, 1.54) is 7.11 Å². The third-order valence-corrected chi connectivity index (χ3v) is 3.86. The van der Waals surface area contributed by atoms with Crippen LogP contribution in [-0.4, -0.2) is 43.1 Å². The van der Waals surface area contributed by atoms with Crippen LogP contribution >= 0.6 is 0 Å². The Hall–Kier alpha value is -1.56. The quantitative estimate of drug-likeness (QED) is 0.635. The number of ketones is 3. The molecule has 0 aliphatic carbocycles. The van der Waals surface area contributed by atoms with E-state index in [2.05, 4.69) is 0 Å². The van der Waals surface area contributed by atoms with E-state index in [0.717, 1.165) is 6.42 Å². The normalized spacial score (nSPS) is 20.0. The van der Waals surface area contributed by atoms with Crippen LogP contribution in [0.1, 0.15) is 64.2 Å². The lowest BCUT2D eigenvalue weighted by Crippen LogP contribution is -2.22. The molecule has 6 nitrogen and oxygen atoms in total. The summed E-state index contributed by atoms with van der Waals surface area (Å²) >= 11 is 0. The van der Waals surface area contributed by atoms with E-state index in [0.29, 0.717) is 38.5 Å². The highest BCUT2D eigenvalue weighted by Crippen LogP contribution is 2.17. The number of cyclic esters (lactones) is 1. The Labute approximate surface area is 136 Å². The molecule has 0 bridgehead atoms. The number of esters is 1. The molecule has 1 unspecified atom stereocenters. The maximum absolute atomic E-state index is 11.8. The largest absolute Gasteiger partial charge is 0.462 e. The molecule has 0 aromatic rings. The summed E-state index contributed by atoms with van der Waals surface area (Å²) in [5, 5.41) is 0. The first-order valence-electron chi connectivity index (χ1n) is 8.24. The van der Waals surface area contributed by atoms with Gasteiger partial charge in [-0.25, -0.2) is 0 Å². The summed E-state index contributed by atoms with van der Waals surface area (Å²) in [7, 11) is 1.44. The third-order valence-electron chi connectivity index (χ3n) is 3.86. The van der Waals surface area contributed by atoms with Crippen molar-refractivity contribution in [1.29, 1.82) is 0 Å². The number of methoxy groups -OCH3 is 1. The average Bonchev–Trinajstić information content (AvgIpc) is 2.52. The first kappa shape index (κ1) is 19.5. The number of hydrogen-bond acceptors (Lipinski definition) is 6. The molecule has 0 spiro atoms. The van der Waals surface area contributed by atoms with Gasteiger partial charge in [-0.3, -0.25) is 19.2 Å².